The fraction of sp³-hybridized carbons (Fsp3) is 0.345. The standard InChI is InChI=1S/C29H28F2N4O4/c1-17-25(35-13-7-10-21(26(35)33-17)37-16-18-19(30)8-6-9-20(18)31)27(36)34-29(24-11-4-5-12-32-24)14-22-23(15-29)39-28(2,3)38-22/h4-13,22-23H,14-16H2,1-3H3,(H,34,36)/t22-,23+,29-. The SMILES string of the molecule is Cc1nc2c(OCc3c(F)cccc3F)cccn2c1C(=O)N[C@@]1(c2ccccn2)C[C@@H]2OC(C)(C)O[C@@H]2C1. The van der Waals surface area contributed by atoms with E-state index in [9.17, 15) is 13.6 Å². The number of carbonyl (C=O) groups is 1. The second kappa shape index (κ2) is 9.39. The van der Waals surface area contributed by atoms with E-state index in [1.54, 1.807) is 35.9 Å². The van der Waals surface area contributed by atoms with Gasteiger partial charge >= 0.3 is 0 Å². The quantitative estimate of drug-likeness (QED) is 0.381. The molecule has 8 nitrogen and oxygen atoms in total. The summed E-state index contributed by atoms with van der Waals surface area (Å²) in [5, 5.41) is 3.23. The minimum Gasteiger partial charge on any atom is -0.485 e. The van der Waals surface area contributed by atoms with E-state index in [4.69, 9.17) is 14.2 Å². The van der Waals surface area contributed by atoms with Gasteiger partial charge in [0.1, 0.15) is 23.9 Å². The number of nitrogens with zero attached hydrogens (tertiary/aromatic N) is 3. The number of benzene rings is 1. The molecule has 1 saturated carbocycles. The normalized spacial score (nSPS) is 23.6. The molecule has 1 N–H and O–H groups in total. The fourth-order valence-corrected chi connectivity index (χ4v) is 5.69. The number of halogens is 2. The highest BCUT2D eigenvalue weighted by atomic mass is 19.1. The minimum atomic E-state index is -0.808. The van der Waals surface area contributed by atoms with Crippen molar-refractivity contribution < 1.29 is 27.8 Å². The third-order valence-electron chi connectivity index (χ3n) is 7.33. The molecule has 6 rings (SSSR count). The molecule has 2 fully saturated rings. The third-order valence-corrected chi connectivity index (χ3v) is 7.33. The molecule has 0 unspecified atom stereocenters. The molecule has 0 radical (unpaired) electrons. The van der Waals surface area contributed by atoms with Crippen molar-refractivity contribution in [2.75, 3.05) is 0 Å². The number of pyridine rings is 2. The van der Waals surface area contributed by atoms with Crippen LogP contribution in [0.4, 0.5) is 8.78 Å². The second-order valence-corrected chi connectivity index (χ2v) is 10.5. The zero-order valence-corrected chi connectivity index (χ0v) is 21.8. The van der Waals surface area contributed by atoms with E-state index >= 15 is 0 Å². The number of carbonyl (C=O) groups excluding carboxylic acids is 1. The van der Waals surface area contributed by atoms with Gasteiger partial charge in [0.2, 0.25) is 0 Å². The maximum absolute atomic E-state index is 14.1. The van der Waals surface area contributed by atoms with Gasteiger partial charge in [-0.2, -0.15) is 0 Å². The Balaban J connectivity index is 1.31. The van der Waals surface area contributed by atoms with Crippen LogP contribution in [-0.4, -0.2) is 38.3 Å². The molecule has 1 aromatic carbocycles. The number of ether oxygens (including phenoxy) is 3. The molecule has 3 aromatic heterocycles. The molecule has 4 heterocycles. The summed E-state index contributed by atoms with van der Waals surface area (Å²) >= 11 is 0. The molecule has 2 aliphatic rings. The van der Waals surface area contributed by atoms with Crippen molar-refractivity contribution in [3.05, 3.63) is 95.2 Å². The van der Waals surface area contributed by atoms with Crippen molar-refractivity contribution >= 4 is 11.6 Å². The summed E-state index contributed by atoms with van der Waals surface area (Å²) in [5.41, 5.74) is 0.890. The van der Waals surface area contributed by atoms with Crippen molar-refractivity contribution in [3.8, 4) is 5.75 Å². The summed E-state index contributed by atoms with van der Waals surface area (Å²) in [6.07, 6.45) is 4.02. The van der Waals surface area contributed by atoms with Gasteiger partial charge in [-0.05, 0) is 57.2 Å². The average Bonchev–Trinajstić information content (AvgIpc) is 3.49. The molecular weight excluding hydrogens is 506 g/mol. The fourth-order valence-electron chi connectivity index (χ4n) is 5.69. The van der Waals surface area contributed by atoms with Gasteiger partial charge in [0, 0.05) is 25.2 Å². The lowest BCUT2D eigenvalue weighted by molar-refractivity contribution is -0.155. The first-order valence-electron chi connectivity index (χ1n) is 12.8. The molecular formula is C29H28F2N4O4. The Morgan fingerprint density at radius 1 is 1.08 bits per heavy atom. The molecule has 1 saturated heterocycles. The number of hydrogen-bond donors (Lipinski definition) is 1. The van der Waals surface area contributed by atoms with Gasteiger partial charge in [0.15, 0.2) is 17.2 Å². The van der Waals surface area contributed by atoms with Crippen LogP contribution in [0.2, 0.25) is 0 Å². The van der Waals surface area contributed by atoms with Crippen LogP contribution in [0.15, 0.2) is 60.9 Å². The van der Waals surface area contributed by atoms with Crippen LogP contribution in [0, 0.1) is 18.6 Å². The van der Waals surface area contributed by atoms with E-state index in [0.717, 1.165) is 5.69 Å². The average molecular weight is 535 g/mol. The maximum Gasteiger partial charge on any atom is 0.270 e. The first-order chi connectivity index (χ1) is 18.7. The van der Waals surface area contributed by atoms with Gasteiger partial charge in [-0.15, -0.1) is 0 Å². The van der Waals surface area contributed by atoms with Crippen LogP contribution in [0.5, 0.6) is 5.75 Å². The highest BCUT2D eigenvalue weighted by Crippen LogP contribution is 2.47. The van der Waals surface area contributed by atoms with Crippen LogP contribution < -0.4 is 10.1 Å². The number of rotatable bonds is 6. The molecule has 0 spiro atoms. The number of aryl methyl sites for hydroxylation is 1. The number of aromatic nitrogens is 3. The van der Waals surface area contributed by atoms with Crippen molar-refractivity contribution in [1.82, 2.24) is 19.7 Å². The van der Waals surface area contributed by atoms with Gasteiger partial charge in [0.25, 0.3) is 5.91 Å². The van der Waals surface area contributed by atoms with Crippen LogP contribution in [-0.2, 0) is 21.6 Å². The molecule has 1 amide bonds. The molecule has 1 aliphatic heterocycles. The summed E-state index contributed by atoms with van der Waals surface area (Å²) < 4.78 is 47.9. The predicted molar refractivity (Wildman–Crippen MR) is 137 cm³/mol. The smallest absolute Gasteiger partial charge is 0.270 e. The van der Waals surface area contributed by atoms with E-state index in [2.05, 4.69) is 15.3 Å². The van der Waals surface area contributed by atoms with Crippen LogP contribution in [0.3, 0.4) is 0 Å². The van der Waals surface area contributed by atoms with E-state index in [1.807, 2.05) is 32.0 Å². The maximum atomic E-state index is 14.1. The summed E-state index contributed by atoms with van der Waals surface area (Å²) in [6, 6.07) is 12.6. The first kappa shape index (κ1) is 25.4. The van der Waals surface area contributed by atoms with Crippen LogP contribution in [0.1, 0.15) is 54.1 Å². The summed E-state index contributed by atoms with van der Waals surface area (Å²) in [4.78, 5) is 23.0. The molecule has 3 atom stereocenters. The largest absolute Gasteiger partial charge is 0.485 e. The molecule has 4 aromatic rings. The Bertz CT molecular complexity index is 1520. The third kappa shape index (κ3) is 4.53. The number of fused-ring (bicyclic) bond motifs is 2. The van der Waals surface area contributed by atoms with Crippen molar-refractivity contribution in [1.29, 1.82) is 0 Å². The highest BCUT2D eigenvalue weighted by molar-refractivity contribution is 5.95. The summed E-state index contributed by atoms with van der Waals surface area (Å²) in [5.74, 6) is -2.13. The predicted octanol–water partition coefficient (Wildman–Crippen LogP) is 4.83. The Morgan fingerprint density at radius 3 is 2.46 bits per heavy atom. The number of amides is 1. The molecule has 1 aliphatic carbocycles. The van der Waals surface area contributed by atoms with Crippen LogP contribution in [0.25, 0.3) is 5.65 Å². The molecule has 10 heteroatoms. The second-order valence-electron chi connectivity index (χ2n) is 10.5. The van der Waals surface area contributed by atoms with Gasteiger partial charge in [0.05, 0.1) is 34.7 Å². The molecule has 202 valence electrons. The zero-order valence-electron chi connectivity index (χ0n) is 21.8. The Hall–Kier alpha value is -3.89. The van der Waals surface area contributed by atoms with E-state index in [0.29, 0.717) is 35.6 Å². The van der Waals surface area contributed by atoms with Crippen LogP contribution >= 0.6 is 0 Å². The van der Waals surface area contributed by atoms with Crippen molar-refractivity contribution in [2.24, 2.45) is 0 Å². The monoisotopic (exact) mass is 534 g/mol. The lowest BCUT2D eigenvalue weighted by atomic mass is 9.91. The Labute approximate surface area is 223 Å². The molecule has 0 bridgehead atoms. The lowest BCUT2D eigenvalue weighted by Gasteiger charge is -2.32. The Morgan fingerprint density at radius 2 is 1.79 bits per heavy atom. The zero-order chi connectivity index (χ0) is 27.4. The number of hydrogen-bond acceptors (Lipinski definition) is 6. The molecule has 39 heavy (non-hydrogen) atoms. The van der Waals surface area contributed by atoms with E-state index in [-0.39, 0.29) is 30.3 Å². The number of imidazole rings is 1. The number of nitrogens with one attached hydrogen (secondary N) is 1. The van der Waals surface area contributed by atoms with Gasteiger partial charge in [-0.25, -0.2) is 13.8 Å². The lowest BCUT2D eigenvalue weighted by Crippen LogP contribution is -2.46. The first-order valence-corrected chi connectivity index (χ1v) is 12.8. The Kier molecular flexibility index (Phi) is 6.11. The van der Waals surface area contributed by atoms with Gasteiger partial charge < -0.3 is 19.5 Å². The van der Waals surface area contributed by atoms with Crippen molar-refractivity contribution in [2.45, 2.75) is 63.8 Å². The van der Waals surface area contributed by atoms with Gasteiger partial charge in [-0.3, -0.25) is 14.2 Å². The van der Waals surface area contributed by atoms with Crippen molar-refractivity contribution in [3.63, 3.8) is 0 Å². The topological polar surface area (TPSA) is 87.0 Å². The minimum absolute atomic E-state index is 0.183. The van der Waals surface area contributed by atoms with Gasteiger partial charge in [-0.1, -0.05) is 12.1 Å². The summed E-state index contributed by atoms with van der Waals surface area (Å²) in [6.45, 7) is 5.17. The summed E-state index contributed by atoms with van der Waals surface area (Å²) in [7, 11) is 0. The van der Waals surface area contributed by atoms with E-state index in [1.165, 1.54) is 18.2 Å². The van der Waals surface area contributed by atoms with E-state index < -0.39 is 23.0 Å². The highest BCUT2D eigenvalue weighted by Gasteiger charge is 2.55.